The fraction of sp³-hybridized carbons (Fsp3) is 1.00. The fourth-order valence-corrected chi connectivity index (χ4v) is 1.33. The first-order valence-corrected chi connectivity index (χ1v) is 5.86. The lowest BCUT2D eigenvalue weighted by atomic mass is 10.3. The standard InChI is InChI=1S/C11H20O5/c1-9(11-8-16-11)14-5-4-12-2-3-13-6-10-7-15-10/h9-11H,2-8H2,1H3. The quantitative estimate of drug-likeness (QED) is 0.398. The third kappa shape index (κ3) is 5.23. The van der Waals surface area contributed by atoms with E-state index in [1.165, 1.54) is 0 Å². The van der Waals surface area contributed by atoms with Crippen molar-refractivity contribution in [3.8, 4) is 0 Å². The number of rotatable bonds is 10. The van der Waals surface area contributed by atoms with Crippen LogP contribution in [0.2, 0.25) is 0 Å². The molecule has 2 aliphatic rings. The predicted molar refractivity (Wildman–Crippen MR) is 56.5 cm³/mol. The molecular formula is C11H20O5. The van der Waals surface area contributed by atoms with Gasteiger partial charge in [-0.25, -0.2) is 0 Å². The molecule has 2 fully saturated rings. The van der Waals surface area contributed by atoms with Gasteiger partial charge in [-0.1, -0.05) is 0 Å². The molecule has 0 bridgehead atoms. The predicted octanol–water partition coefficient (Wildman–Crippen LogP) is 0.222. The second kappa shape index (κ2) is 6.51. The van der Waals surface area contributed by atoms with Gasteiger partial charge < -0.3 is 23.7 Å². The minimum atomic E-state index is 0.187. The fourth-order valence-electron chi connectivity index (χ4n) is 1.33. The Hall–Kier alpha value is -0.200. The van der Waals surface area contributed by atoms with Crippen LogP contribution in [0.4, 0.5) is 0 Å². The van der Waals surface area contributed by atoms with Crippen molar-refractivity contribution in [2.75, 3.05) is 46.2 Å². The van der Waals surface area contributed by atoms with Gasteiger partial charge in [0.1, 0.15) is 12.2 Å². The van der Waals surface area contributed by atoms with E-state index in [0.717, 1.165) is 13.2 Å². The molecular weight excluding hydrogens is 212 g/mol. The van der Waals surface area contributed by atoms with E-state index in [1.54, 1.807) is 0 Å². The molecule has 5 heteroatoms. The molecule has 0 N–H and O–H groups in total. The highest BCUT2D eigenvalue weighted by atomic mass is 16.6. The molecule has 3 unspecified atom stereocenters. The summed E-state index contributed by atoms with van der Waals surface area (Å²) < 4.78 is 26.3. The first-order valence-electron chi connectivity index (χ1n) is 5.86. The van der Waals surface area contributed by atoms with Crippen LogP contribution in [0.25, 0.3) is 0 Å². The number of epoxide rings is 2. The highest BCUT2D eigenvalue weighted by Crippen LogP contribution is 2.15. The smallest absolute Gasteiger partial charge is 0.107 e. The lowest BCUT2D eigenvalue weighted by Gasteiger charge is -2.10. The molecule has 5 nitrogen and oxygen atoms in total. The SMILES string of the molecule is CC(OCCOCCOCC1CO1)C1CO1. The summed E-state index contributed by atoms with van der Waals surface area (Å²) in [6.07, 6.45) is 0.830. The molecule has 2 aliphatic heterocycles. The van der Waals surface area contributed by atoms with E-state index in [-0.39, 0.29) is 6.10 Å². The molecule has 3 atom stereocenters. The van der Waals surface area contributed by atoms with Crippen LogP contribution in [0.1, 0.15) is 6.92 Å². The molecule has 0 saturated carbocycles. The van der Waals surface area contributed by atoms with Gasteiger partial charge >= 0.3 is 0 Å². The summed E-state index contributed by atoms with van der Waals surface area (Å²) in [5, 5.41) is 0. The Morgan fingerprint density at radius 1 is 1.06 bits per heavy atom. The van der Waals surface area contributed by atoms with Crippen molar-refractivity contribution in [1.29, 1.82) is 0 Å². The van der Waals surface area contributed by atoms with Crippen molar-refractivity contribution < 1.29 is 23.7 Å². The van der Waals surface area contributed by atoms with Crippen LogP contribution in [0.3, 0.4) is 0 Å². The Morgan fingerprint density at radius 2 is 1.75 bits per heavy atom. The Bertz CT molecular complexity index is 191. The number of hydrogen-bond donors (Lipinski definition) is 0. The molecule has 0 aliphatic carbocycles. The van der Waals surface area contributed by atoms with Crippen molar-refractivity contribution in [2.24, 2.45) is 0 Å². The van der Waals surface area contributed by atoms with E-state index in [9.17, 15) is 0 Å². The van der Waals surface area contributed by atoms with Gasteiger partial charge in [0.15, 0.2) is 0 Å². The van der Waals surface area contributed by atoms with Crippen molar-refractivity contribution in [2.45, 2.75) is 25.2 Å². The summed E-state index contributed by atoms with van der Waals surface area (Å²) in [7, 11) is 0. The first kappa shape index (κ1) is 12.3. The van der Waals surface area contributed by atoms with Crippen LogP contribution >= 0.6 is 0 Å². The summed E-state index contributed by atoms with van der Waals surface area (Å²) in [6.45, 7) is 6.86. The summed E-state index contributed by atoms with van der Waals surface area (Å²) in [5.74, 6) is 0. The number of ether oxygens (including phenoxy) is 5. The molecule has 0 spiro atoms. The van der Waals surface area contributed by atoms with Gasteiger partial charge in [0.2, 0.25) is 0 Å². The lowest BCUT2D eigenvalue weighted by molar-refractivity contribution is -0.0143. The molecule has 0 aromatic heterocycles. The van der Waals surface area contributed by atoms with Crippen LogP contribution in [-0.2, 0) is 23.7 Å². The zero-order valence-corrected chi connectivity index (χ0v) is 9.72. The second-order valence-corrected chi connectivity index (χ2v) is 4.09. The third-order valence-electron chi connectivity index (χ3n) is 2.57. The van der Waals surface area contributed by atoms with Crippen molar-refractivity contribution in [1.82, 2.24) is 0 Å². The minimum Gasteiger partial charge on any atom is -0.377 e. The van der Waals surface area contributed by atoms with Crippen molar-refractivity contribution >= 4 is 0 Å². The van der Waals surface area contributed by atoms with Crippen molar-refractivity contribution in [3.63, 3.8) is 0 Å². The zero-order chi connectivity index (χ0) is 11.2. The molecule has 94 valence electrons. The highest BCUT2D eigenvalue weighted by molar-refractivity contribution is 4.75. The highest BCUT2D eigenvalue weighted by Gasteiger charge is 2.29. The first-order chi connectivity index (χ1) is 7.86. The maximum atomic E-state index is 5.51. The molecule has 2 rings (SSSR count). The van der Waals surface area contributed by atoms with E-state index in [1.807, 2.05) is 6.92 Å². The van der Waals surface area contributed by atoms with Crippen LogP contribution in [0.15, 0.2) is 0 Å². The monoisotopic (exact) mass is 232 g/mol. The summed E-state index contributed by atoms with van der Waals surface area (Å²) in [5.41, 5.74) is 0. The van der Waals surface area contributed by atoms with Crippen molar-refractivity contribution in [3.05, 3.63) is 0 Å². The Balaban J connectivity index is 1.29. The van der Waals surface area contributed by atoms with E-state index in [2.05, 4.69) is 0 Å². The largest absolute Gasteiger partial charge is 0.377 e. The molecule has 0 radical (unpaired) electrons. The second-order valence-electron chi connectivity index (χ2n) is 4.09. The van der Waals surface area contributed by atoms with Gasteiger partial charge in [0.25, 0.3) is 0 Å². The zero-order valence-electron chi connectivity index (χ0n) is 9.72. The van der Waals surface area contributed by atoms with Crippen LogP contribution < -0.4 is 0 Å². The maximum Gasteiger partial charge on any atom is 0.107 e. The van der Waals surface area contributed by atoms with Gasteiger partial charge in [0, 0.05) is 0 Å². The third-order valence-corrected chi connectivity index (χ3v) is 2.57. The summed E-state index contributed by atoms with van der Waals surface area (Å²) in [4.78, 5) is 0. The molecule has 2 saturated heterocycles. The van der Waals surface area contributed by atoms with Crippen LogP contribution in [0.5, 0.6) is 0 Å². The normalized spacial score (nSPS) is 29.1. The topological polar surface area (TPSA) is 52.8 Å². The van der Waals surface area contributed by atoms with Gasteiger partial charge in [-0.3, -0.25) is 0 Å². The average molecular weight is 232 g/mol. The van der Waals surface area contributed by atoms with Crippen LogP contribution in [-0.4, -0.2) is 64.6 Å². The van der Waals surface area contributed by atoms with E-state index >= 15 is 0 Å². The Morgan fingerprint density at radius 3 is 2.44 bits per heavy atom. The van der Waals surface area contributed by atoms with Crippen LogP contribution in [0, 0.1) is 0 Å². The Labute approximate surface area is 95.9 Å². The van der Waals surface area contributed by atoms with Gasteiger partial charge in [0.05, 0.1) is 52.4 Å². The average Bonchev–Trinajstić information content (AvgIpc) is 3.16. The molecule has 2 heterocycles. The molecule has 0 aromatic carbocycles. The minimum absolute atomic E-state index is 0.187. The van der Waals surface area contributed by atoms with Gasteiger partial charge in [-0.15, -0.1) is 0 Å². The molecule has 16 heavy (non-hydrogen) atoms. The summed E-state index contributed by atoms with van der Waals surface area (Å²) in [6, 6.07) is 0. The molecule has 0 aromatic rings. The van der Waals surface area contributed by atoms with E-state index in [0.29, 0.717) is 45.2 Å². The summed E-state index contributed by atoms with van der Waals surface area (Å²) >= 11 is 0. The van der Waals surface area contributed by atoms with E-state index < -0.39 is 0 Å². The number of hydrogen-bond acceptors (Lipinski definition) is 5. The van der Waals surface area contributed by atoms with E-state index in [4.69, 9.17) is 23.7 Å². The maximum absolute atomic E-state index is 5.51. The van der Waals surface area contributed by atoms with Gasteiger partial charge in [-0.05, 0) is 6.92 Å². The lowest BCUT2D eigenvalue weighted by Crippen LogP contribution is -2.19. The molecule has 0 amide bonds. The Kier molecular flexibility index (Phi) is 4.99. The van der Waals surface area contributed by atoms with Gasteiger partial charge in [-0.2, -0.15) is 0 Å².